The minimum atomic E-state index is -3.41. The van der Waals surface area contributed by atoms with Crippen molar-refractivity contribution in [3.05, 3.63) is 46.3 Å². The Morgan fingerprint density at radius 3 is 2.66 bits per heavy atom. The lowest BCUT2D eigenvalue weighted by atomic mass is 9.88. The zero-order chi connectivity index (χ0) is 21.0. The van der Waals surface area contributed by atoms with Gasteiger partial charge in [-0.15, -0.1) is 11.3 Å². The van der Waals surface area contributed by atoms with Crippen LogP contribution in [0.1, 0.15) is 47.0 Å². The molecule has 1 aliphatic rings. The highest BCUT2D eigenvalue weighted by Crippen LogP contribution is 2.40. The van der Waals surface area contributed by atoms with Crippen molar-refractivity contribution in [3.63, 3.8) is 0 Å². The highest BCUT2D eigenvalue weighted by Gasteiger charge is 2.28. The van der Waals surface area contributed by atoms with Gasteiger partial charge in [0.2, 0.25) is 5.91 Å². The maximum Gasteiger partial charge on any atom is 0.341 e. The third kappa shape index (κ3) is 5.05. The van der Waals surface area contributed by atoms with Crippen LogP contribution in [0.2, 0.25) is 0 Å². The average Bonchev–Trinajstić information content (AvgIpc) is 3.04. The van der Waals surface area contributed by atoms with E-state index < -0.39 is 15.8 Å². The van der Waals surface area contributed by atoms with Gasteiger partial charge in [-0.2, -0.15) is 0 Å². The van der Waals surface area contributed by atoms with E-state index in [0.29, 0.717) is 16.5 Å². The Labute approximate surface area is 175 Å². The topological polar surface area (TPSA) is 89.5 Å². The van der Waals surface area contributed by atoms with Crippen LogP contribution in [-0.2, 0) is 32.2 Å². The molecule has 2 aromatic rings. The molecule has 6 nitrogen and oxygen atoms in total. The summed E-state index contributed by atoms with van der Waals surface area (Å²) in [5.41, 5.74) is 1.42. The number of rotatable bonds is 7. The zero-order valence-electron chi connectivity index (χ0n) is 16.6. The van der Waals surface area contributed by atoms with E-state index in [2.05, 4.69) is 12.2 Å². The van der Waals surface area contributed by atoms with Crippen LogP contribution in [0.4, 0.5) is 5.00 Å². The number of hydrogen-bond acceptors (Lipinski definition) is 6. The van der Waals surface area contributed by atoms with E-state index in [4.69, 9.17) is 4.74 Å². The lowest BCUT2D eigenvalue weighted by molar-refractivity contribution is -0.116. The molecule has 0 spiro atoms. The standard InChI is InChI=1S/C21H25NO5S2/c1-14-10-11-16-17(13-14)28-20(19(16)21(24)27-2)22-18(23)9-6-12-29(25,26)15-7-4-3-5-8-15/h3-5,7-8,14H,6,9-13H2,1-2H3,(H,22,23). The number of amides is 1. The molecule has 0 saturated carbocycles. The Morgan fingerprint density at radius 1 is 1.24 bits per heavy atom. The molecule has 1 atom stereocenters. The predicted octanol–water partition coefficient (Wildman–Crippen LogP) is 3.85. The lowest BCUT2D eigenvalue weighted by Crippen LogP contribution is -2.17. The summed E-state index contributed by atoms with van der Waals surface area (Å²) in [6, 6.07) is 8.21. The number of nitrogens with one attached hydrogen (secondary N) is 1. The van der Waals surface area contributed by atoms with Crippen molar-refractivity contribution in [3.8, 4) is 0 Å². The second-order valence-corrected chi connectivity index (χ2v) is 10.5. The molecule has 1 aromatic carbocycles. The smallest absolute Gasteiger partial charge is 0.341 e. The molecule has 0 fully saturated rings. The van der Waals surface area contributed by atoms with Gasteiger partial charge in [-0.25, -0.2) is 13.2 Å². The second-order valence-electron chi connectivity index (χ2n) is 7.33. The Balaban J connectivity index is 1.66. The van der Waals surface area contributed by atoms with Crippen LogP contribution in [0, 0.1) is 5.92 Å². The van der Waals surface area contributed by atoms with Crippen LogP contribution >= 0.6 is 11.3 Å². The van der Waals surface area contributed by atoms with E-state index in [9.17, 15) is 18.0 Å². The van der Waals surface area contributed by atoms with Gasteiger partial charge in [-0.1, -0.05) is 25.1 Å². The van der Waals surface area contributed by atoms with Gasteiger partial charge >= 0.3 is 5.97 Å². The van der Waals surface area contributed by atoms with Crippen LogP contribution < -0.4 is 5.32 Å². The summed E-state index contributed by atoms with van der Waals surface area (Å²) in [6.07, 6.45) is 2.95. The summed E-state index contributed by atoms with van der Waals surface area (Å²) in [5, 5.41) is 3.31. The van der Waals surface area contributed by atoms with Gasteiger partial charge in [0.1, 0.15) is 5.00 Å². The largest absolute Gasteiger partial charge is 0.465 e. The molecule has 1 unspecified atom stereocenters. The molecule has 0 saturated heterocycles. The zero-order valence-corrected chi connectivity index (χ0v) is 18.2. The molecular formula is C21H25NO5S2. The molecule has 0 radical (unpaired) electrons. The third-order valence-electron chi connectivity index (χ3n) is 5.07. The van der Waals surface area contributed by atoms with E-state index in [-0.39, 0.29) is 29.4 Å². The van der Waals surface area contributed by atoms with Crippen molar-refractivity contribution in [2.24, 2.45) is 5.92 Å². The lowest BCUT2D eigenvalue weighted by Gasteiger charge is -2.18. The first-order valence-corrected chi connectivity index (χ1v) is 12.1. The number of esters is 1. The molecular weight excluding hydrogens is 410 g/mol. The molecule has 8 heteroatoms. The van der Waals surface area contributed by atoms with Gasteiger partial charge in [0.05, 0.1) is 23.3 Å². The summed E-state index contributed by atoms with van der Waals surface area (Å²) < 4.78 is 29.6. The van der Waals surface area contributed by atoms with E-state index in [0.717, 1.165) is 29.7 Å². The van der Waals surface area contributed by atoms with Crippen LogP contribution in [0.25, 0.3) is 0 Å². The predicted molar refractivity (Wildman–Crippen MR) is 113 cm³/mol. The van der Waals surface area contributed by atoms with Crippen molar-refractivity contribution < 1.29 is 22.7 Å². The fourth-order valence-corrected chi connectivity index (χ4v) is 6.26. The quantitative estimate of drug-likeness (QED) is 0.667. The van der Waals surface area contributed by atoms with Crippen molar-refractivity contribution >= 4 is 38.1 Å². The molecule has 1 N–H and O–H groups in total. The molecule has 1 aromatic heterocycles. The van der Waals surface area contributed by atoms with E-state index >= 15 is 0 Å². The minimum Gasteiger partial charge on any atom is -0.465 e. The summed E-state index contributed by atoms with van der Waals surface area (Å²) in [4.78, 5) is 26.1. The number of anilines is 1. The maximum atomic E-state index is 12.4. The second kappa shape index (κ2) is 9.09. The van der Waals surface area contributed by atoms with E-state index in [1.54, 1.807) is 30.3 Å². The van der Waals surface area contributed by atoms with Gasteiger partial charge in [0.25, 0.3) is 0 Å². The molecule has 3 rings (SSSR count). The van der Waals surface area contributed by atoms with Crippen molar-refractivity contribution in [2.45, 2.75) is 43.9 Å². The summed E-state index contributed by atoms with van der Waals surface area (Å²) in [6.45, 7) is 2.17. The number of thiophene rings is 1. The summed E-state index contributed by atoms with van der Waals surface area (Å²) in [5.74, 6) is -0.310. The van der Waals surface area contributed by atoms with Crippen LogP contribution in [0.5, 0.6) is 0 Å². The number of sulfone groups is 1. The Bertz CT molecular complexity index is 996. The molecule has 0 aliphatic heterocycles. The number of carbonyl (C=O) groups excluding carboxylic acids is 2. The maximum absolute atomic E-state index is 12.4. The first kappa shape index (κ1) is 21.5. The van der Waals surface area contributed by atoms with Gasteiger partial charge in [0.15, 0.2) is 9.84 Å². The van der Waals surface area contributed by atoms with Crippen molar-refractivity contribution in [1.82, 2.24) is 0 Å². The highest BCUT2D eigenvalue weighted by atomic mass is 32.2. The Morgan fingerprint density at radius 2 is 1.97 bits per heavy atom. The number of ether oxygens (including phenoxy) is 1. The van der Waals surface area contributed by atoms with Crippen LogP contribution in [0.15, 0.2) is 35.2 Å². The fourth-order valence-electron chi connectivity index (χ4n) is 3.51. The number of benzene rings is 1. The number of hydrogen-bond donors (Lipinski definition) is 1. The monoisotopic (exact) mass is 435 g/mol. The summed E-state index contributed by atoms with van der Waals surface area (Å²) in [7, 11) is -2.08. The number of methoxy groups -OCH3 is 1. The molecule has 1 heterocycles. The van der Waals surface area contributed by atoms with Gasteiger partial charge in [-0.3, -0.25) is 4.79 Å². The fraction of sp³-hybridized carbons (Fsp3) is 0.429. The first-order chi connectivity index (χ1) is 13.8. The van der Waals surface area contributed by atoms with Gasteiger partial charge in [0, 0.05) is 11.3 Å². The Kier molecular flexibility index (Phi) is 6.74. The van der Waals surface area contributed by atoms with Crippen molar-refractivity contribution in [1.29, 1.82) is 0 Å². The number of carbonyl (C=O) groups is 2. The number of fused-ring (bicyclic) bond motifs is 1. The first-order valence-electron chi connectivity index (χ1n) is 9.62. The SMILES string of the molecule is COC(=O)c1c(NC(=O)CCCS(=O)(=O)c2ccccc2)sc2c1CCC(C)C2. The van der Waals surface area contributed by atoms with Gasteiger partial charge in [-0.05, 0) is 49.3 Å². The average molecular weight is 436 g/mol. The third-order valence-corrected chi connectivity index (χ3v) is 8.06. The van der Waals surface area contributed by atoms with E-state index in [1.807, 2.05) is 0 Å². The van der Waals surface area contributed by atoms with Crippen molar-refractivity contribution in [2.75, 3.05) is 18.2 Å². The summed E-state index contributed by atoms with van der Waals surface area (Å²) >= 11 is 1.42. The Hall–Kier alpha value is -2.19. The van der Waals surface area contributed by atoms with Crippen LogP contribution in [-0.4, -0.2) is 33.2 Å². The van der Waals surface area contributed by atoms with E-state index in [1.165, 1.54) is 18.4 Å². The van der Waals surface area contributed by atoms with Gasteiger partial charge < -0.3 is 10.1 Å². The van der Waals surface area contributed by atoms with Crippen LogP contribution in [0.3, 0.4) is 0 Å². The molecule has 0 bridgehead atoms. The molecule has 1 aliphatic carbocycles. The molecule has 29 heavy (non-hydrogen) atoms. The highest BCUT2D eigenvalue weighted by molar-refractivity contribution is 7.91. The molecule has 156 valence electrons. The molecule has 1 amide bonds. The normalized spacial score (nSPS) is 16.1. The minimum absolute atomic E-state index is 0.0612.